The molecule has 8 nitrogen and oxygen atoms in total. The number of hydrogen-bond donors (Lipinski definition) is 2. The molecule has 0 unspecified atom stereocenters. The molecule has 3 rings (SSSR count). The molecule has 0 bridgehead atoms. The summed E-state index contributed by atoms with van der Waals surface area (Å²) in [5.41, 5.74) is 5.05. The summed E-state index contributed by atoms with van der Waals surface area (Å²) < 4.78 is 28.1. The van der Waals surface area contributed by atoms with Gasteiger partial charge < -0.3 is 11.1 Å². The highest BCUT2D eigenvalue weighted by Gasteiger charge is 2.33. The van der Waals surface area contributed by atoms with Gasteiger partial charge >= 0.3 is 0 Å². The average Bonchev–Trinajstić information content (AvgIpc) is 2.72. The number of aromatic nitrogens is 5. The largest absolute Gasteiger partial charge is 0.364 e. The summed E-state index contributed by atoms with van der Waals surface area (Å²) in [4.78, 5) is 31.9. The van der Waals surface area contributed by atoms with Gasteiger partial charge in [-0.05, 0) is 31.5 Å². The van der Waals surface area contributed by atoms with E-state index in [-0.39, 0.29) is 36.1 Å². The molecule has 3 heterocycles. The summed E-state index contributed by atoms with van der Waals surface area (Å²) >= 11 is 0. The van der Waals surface area contributed by atoms with Gasteiger partial charge in [0.15, 0.2) is 5.82 Å². The molecule has 2 atom stereocenters. The molecular weight excluding hydrogens is 392 g/mol. The van der Waals surface area contributed by atoms with Crippen LogP contribution < -0.4 is 11.1 Å². The summed E-state index contributed by atoms with van der Waals surface area (Å²) in [5.74, 6) is -0.644. The zero-order chi connectivity index (χ0) is 21.7. The quantitative estimate of drug-likeness (QED) is 0.583. The number of nitrogens with two attached hydrogens (primary N) is 1. The van der Waals surface area contributed by atoms with E-state index in [1.54, 1.807) is 6.92 Å². The van der Waals surface area contributed by atoms with E-state index in [4.69, 9.17) is 5.73 Å². The molecule has 30 heavy (non-hydrogen) atoms. The number of hydrogen-bond acceptors (Lipinski definition) is 7. The van der Waals surface area contributed by atoms with Crippen molar-refractivity contribution >= 4 is 11.9 Å². The maximum Gasteiger partial charge on any atom is 0.267 e. The predicted octanol–water partition coefficient (Wildman–Crippen LogP) is 2.68. The molecule has 1 amide bonds. The number of carbonyl (C=O) groups excluding carboxylic acids is 1. The Hall–Kier alpha value is -3.56. The minimum atomic E-state index is -1.16. The van der Waals surface area contributed by atoms with E-state index < -0.39 is 23.3 Å². The predicted molar refractivity (Wildman–Crippen MR) is 107 cm³/mol. The molecule has 0 saturated heterocycles. The average molecular weight is 413 g/mol. The Bertz CT molecular complexity index is 1030. The zero-order valence-electron chi connectivity index (χ0n) is 16.5. The molecular formula is C20H21F2N7O. The first-order valence-electron chi connectivity index (χ1n) is 9.23. The third kappa shape index (κ3) is 4.88. The molecule has 0 radical (unpaired) electrons. The van der Waals surface area contributed by atoms with E-state index in [0.717, 1.165) is 0 Å². The number of nitrogens with one attached hydrogen (secondary N) is 1. The number of alkyl halides is 1. The Morgan fingerprint density at radius 3 is 2.57 bits per heavy atom. The Morgan fingerprint density at radius 2 is 1.93 bits per heavy atom. The fourth-order valence-corrected chi connectivity index (χ4v) is 3.15. The summed E-state index contributed by atoms with van der Waals surface area (Å²) in [5, 5.41) is 3.01. The first kappa shape index (κ1) is 21.2. The highest BCUT2D eigenvalue weighted by molar-refractivity contribution is 5.91. The standard InChI is InChI=1S/C20H21F2N7O/c1-12(21)8-20(2,16-14(22)4-3-6-24-16)11-28-19-26-9-13(10-27-19)18-25-7-5-15(29-18)17(23)30/h3-7,9-10,12H,8,11H2,1-2H3,(H2,23,30)(H,26,27,28)/t12-,20-/m1/s1. The SMILES string of the molecule is C[C@@H](F)C[C@](C)(CNc1ncc(-c2nccc(C(N)=O)n2)cn1)c1ncccc1F. The Labute approximate surface area is 172 Å². The van der Waals surface area contributed by atoms with Crippen molar-refractivity contribution in [3.63, 3.8) is 0 Å². The van der Waals surface area contributed by atoms with Gasteiger partial charge in [-0.15, -0.1) is 0 Å². The van der Waals surface area contributed by atoms with Gasteiger partial charge in [-0.25, -0.2) is 28.7 Å². The molecule has 3 aromatic rings. The van der Waals surface area contributed by atoms with Crippen LogP contribution in [0.2, 0.25) is 0 Å². The summed E-state index contributed by atoms with van der Waals surface area (Å²) in [6.07, 6.45) is 4.76. The van der Waals surface area contributed by atoms with Crippen LogP contribution in [0.4, 0.5) is 14.7 Å². The van der Waals surface area contributed by atoms with Gasteiger partial charge in [0.05, 0.1) is 17.4 Å². The van der Waals surface area contributed by atoms with E-state index in [1.165, 1.54) is 49.9 Å². The number of halogens is 2. The fraction of sp³-hybridized carbons (Fsp3) is 0.300. The molecule has 0 spiro atoms. The van der Waals surface area contributed by atoms with Crippen LogP contribution in [0.5, 0.6) is 0 Å². The van der Waals surface area contributed by atoms with Gasteiger partial charge in [-0.2, -0.15) is 0 Å². The lowest BCUT2D eigenvalue weighted by Gasteiger charge is -2.30. The molecule has 156 valence electrons. The molecule has 0 aliphatic heterocycles. The van der Waals surface area contributed by atoms with Gasteiger partial charge in [0.25, 0.3) is 5.91 Å². The van der Waals surface area contributed by atoms with Gasteiger partial charge in [0.1, 0.15) is 11.5 Å². The van der Waals surface area contributed by atoms with Crippen molar-refractivity contribution < 1.29 is 13.6 Å². The topological polar surface area (TPSA) is 120 Å². The number of nitrogens with zero attached hydrogens (tertiary/aromatic N) is 5. The summed E-state index contributed by atoms with van der Waals surface area (Å²) in [6.45, 7) is 3.33. The lowest BCUT2D eigenvalue weighted by atomic mass is 9.81. The van der Waals surface area contributed by atoms with Crippen molar-refractivity contribution in [3.8, 4) is 11.4 Å². The molecule has 0 fully saturated rings. The molecule has 0 aromatic carbocycles. The monoisotopic (exact) mass is 413 g/mol. The molecule has 0 aliphatic rings. The third-order valence-corrected chi connectivity index (χ3v) is 4.52. The molecule has 0 saturated carbocycles. The van der Waals surface area contributed by atoms with Crippen molar-refractivity contribution in [2.24, 2.45) is 5.73 Å². The Balaban J connectivity index is 1.78. The smallest absolute Gasteiger partial charge is 0.267 e. The molecule has 3 aromatic heterocycles. The van der Waals surface area contributed by atoms with E-state index in [2.05, 4.69) is 30.2 Å². The fourth-order valence-electron chi connectivity index (χ4n) is 3.15. The third-order valence-electron chi connectivity index (χ3n) is 4.52. The minimum absolute atomic E-state index is 0.0692. The van der Waals surface area contributed by atoms with Crippen LogP contribution in [0.1, 0.15) is 36.5 Å². The number of carbonyl (C=O) groups is 1. The van der Waals surface area contributed by atoms with Gasteiger partial charge in [-0.3, -0.25) is 9.78 Å². The van der Waals surface area contributed by atoms with Crippen LogP contribution in [-0.2, 0) is 5.41 Å². The number of pyridine rings is 1. The van der Waals surface area contributed by atoms with E-state index in [9.17, 15) is 13.6 Å². The minimum Gasteiger partial charge on any atom is -0.364 e. The Kier molecular flexibility index (Phi) is 6.24. The van der Waals surface area contributed by atoms with Crippen molar-refractivity contribution in [1.29, 1.82) is 0 Å². The number of primary amides is 1. The lowest BCUT2D eigenvalue weighted by Crippen LogP contribution is -2.36. The van der Waals surface area contributed by atoms with Crippen molar-refractivity contribution in [2.45, 2.75) is 31.9 Å². The van der Waals surface area contributed by atoms with Crippen LogP contribution >= 0.6 is 0 Å². The lowest BCUT2D eigenvalue weighted by molar-refractivity contribution is 0.0995. The molecule has 0 aliphatic carbocycles. The summed E-state index contributed by atoms with van der Waals surface area (Å²) in [7, 11) is 0. The van der Waals surface area contributed by atoms with Crippen LogP contribution in [-0.4, -0.2) is 43.5 Å². The highest BCUT2D eigenvalue weighted by Crippen LogP contribution is 2.30. The normalized spacial score (nSPS) is 14.0. The van der Waals surface area contributed by atoms with E-state index >= 15 is 0 Å². The maximum absolute atomic E-state index is 14.3. The Morgan fingerprint density at radius 1 is 1.20 bits per heavy atom. The molecule has 10 heteroatoms. The highest BCUT2D eigenvalue weighted by atomic mass is 19.1. The van der Waals surface area contributed by atoms with Crippen LogP contribution in [0, 0.1) is 5.82 Å². The zero-order valence-corrected chi connectivity index (χ0v) is 16.5. The van der Waals surface area contributed by atoms with Crippen LogP contribution in [0.15, 0.2) is 43.0 Å². The van der Waals surface area contributed by atoms with E-state index in [0.29, 0.717) is 5.56 Å². The van der Waals surface area contributed by atoms with Crippen molar-refractivity contribution in [1.82, 2.24) is 24.9 Å². The van der Waals surface area contributed by atoms with Gasteiger partial charge in [0, 0.05) is 36.7 Å². The first-order chi connectivity index (χ1) is 14.3. The second kappa shape index (κ2) is 8.85. The van der Waals surface area contributed by atoms with Crippen molar-refractivity contribution in [3.05, 3.63) is 60.2 Å². The summed E-state index contributed by atoms with van der Waals surface area (Å²) in [6, 6.07) is 4.20. The van der Waals surface area contributed by atoms with Gasteiger partial charge in [0.2, 0.25) is 5.95 Å². The first-order valence-corrected chi connectivity index (χ1v) is 9.23. The van der Waals surface area contributed by atoms with Gasteiger partial charge in [-0.1, -0.05) is 6.92 Å². The maximum atomic E-state index is 14.3. The second-order valence-electron chi connectivity index (χ2n) is 7.16. The van der Waals surface area contributed by atoms with Crippen LogP contribution in [0.3, 0.4) is 0 Å². The number of amides is 1. The van der Waals surface area contributed by atoms with Crippen molar-refractivity contribution in [2.75, 3.05) is 11.9 Å². The van der Waals surface area contributed by atoms with E-state index in [1.807, 2.05) is 0 Å². The second-order valence-corrected chi connectivity index (χ2v) is 7.16. The van der Waals surface area contributed by atoms with Crippen LogP contribution in [0.25, 0.3) is 11.4 Å². The number of rotatable bonds is 8. The molecule has 3 N–H and O–H groups in total. The number of anilines is 1.